The third kappa shape index (κ3) is 2.20. The van der Waals surface area contributed by atoms with Gasteiger partial charge in [0.15, 0.2) is 0 Å². The van der Waals surface area contributed by atoms with Gasteiger partial charge < -0.3 is 0 Å². The Labute approximate surface area is 84.1 Å². The number of nitrogens with one attached hydrogen (secondary N) is 1. The molecule has 0 bridgehead atoms. The smallest absolute Gasteiger partial charge is 0.206 e. The molecule has 0 aliphatic heterocycles. The van der Waals surface area contributed by atoms with Gasteiger partial charge in [-0.3, -0.25) is 0 Å². The van der Waals surface area contributed by atoms with Crippen molar-refractivity contribution in [3.63, 3.8) is 0 Å². The van der Waals surface area contributed by atoms with Gasteiger partial charge in [-0.05, 0) is 24.3 Å². The summed E-state index contributed by atoms with van der Waals surface area (Å²) in [6.45, 7) is 0. The van der Waals surface area contributed by atoms with Gasteiger partial charge in [0.25, 0.3) is 0 Å². The molecule has 0 heterocycles. The van der Waals surface area contributed by atoms with Crippen LogP contribution in [0.25, 0.3) is 0 Å². The molecule has 0 aliphatic rings. The predicted molar refractivity (Wildman–Crippen MR) is 50.7 cm³/mol. The molecule has 0 fully saturated rings. The topological polar surface area (TPSA) is 46.2 Å². The SMILES string of the molecule is O=S(=O)(NBr)c1ccc(Cl)cc1. The van der Waals surface area contributed by atoms with Gasteiger partial charge in [0.05, 0.1) is 4.90 Å². The molecule has 0 amide bonds. The van der Waals surface area contributed by atoms with Gasteiger partial charge in [-0.15, -0.1) is 3.75 Å². The minimum Gasteiger partial charge on any atom is -0.206 e. The third-order valence-electron chi connectivity index (χ3n) is 1.23. The van der Waals surface area contributed by atoms with Crippen LogP contribution in [0.2, 0.25) is 5.02 Å². The first-order valence-corrected chi connectivity index (χ1v) is 5.60. The lowest BCUT2D eigenvalue weighted by molar-refractivity contribution is 0.595. The fourth-order valence-corrected chi connectivity index (χ4v) is 1.93. The van der Waals surface area contributed by atoms with E-state index in [4.69, 9.17) is 11.6 Å². The number of hydrogen-bond donors (Lipinski definition) is 1. The molecule has 0 atom stereocenters. The molecule has 66 valence electrons. The van der Waals surface area contributed by atoms with E-state index in [0.717, 1.165) is 0 Å². The van der Waals surface area contributed by atoms with Crippen molar-refractivity contribution in [3.05, 3.63) is 29.3 Å². The summed E-state index contributed by atoms with van der Waals surface area (Å²) in [5, 5.41) is 0.503. The highest BCUT2D eigenvalue weighted by Gasteiger charge is 2.10. The Hall–Kier alpha value is -0.100. The van der Waals surface area contributed by atoms with Gasteiger partial charge in [0, 0.05) is 21.2 Å². The Morgan fingerprint density at radius 1 is 1.25 bits per heavy atom. The number of hydrogen-bond acceptors (Lipinski definition) is 2. The molecule has 0 unspecified atom stereocenters. The molecule has 0 aromatic heterocycles. The van der Waals surface area contributed by atoms with Gasteiger partial charge in [-0.1, -0.05) is 11.6 Å². The maximum absolute atomic E-state index is 11.1. The molecule has 3 nitrogen and oxygen atoms in total. The zero-order chi connectivity index (χ0) is 9.19. The van der Waals surface area contributed by atoms with E-state index in [-0.39, 0.29) is 4.90 Å². The second-order valence-corrected chi connectivity index (χ2v) is 5.07. The average Bonchev–Trinajstić information content (AvgIpc) is 2.05. The van der Waals surface area contributed by atoms with Crippen molar-refractivity contribution in [3.8, 4) is 0 Å². The molecule has 6 heteroatoms. The standard InChI is InChI=1S/C6H5BrClNO2S/c7-9-12(10,11)6-3-1-5(8)2-4-6/h1-4,9H. The Bertz CT molecular complexity index is 362. The lowest BCUT2D eigenvalue weighted by atomic mass is 10.4. The largest absolute Gasteiger partial charge is 0.250 e. The first-order valence-electron chi connectivity index (χ1n) is 2.94. The van der Waals surface area contributed by atoms with Gasteiger partial charge in [-0.2, -0.15) is 0 Å². The summed E-state index contributed by atoms with van der Waals surface area (Å²) in [6.07, 6.45) is 0. The second kappa shape index (κ2) is 3.74. The van der Waals surface area contributed by atoms with E-state index in [1.807, 2.05) is 3.75 Å². The Morgan fingerprint density at radius 3 is 2.17 bits per heavy atom. The summed E-state index contributed by atoms with van der Waals surface area (Å²) in [7, 11) is -3.41. The van der Waals surface area contributed by atoms with E-state index in [9.17, 15) is 8.42 Å². The van der Waals surface area contributed by atoms with Crippen LogP contribution < -0.4 is 3.75 Å². The lowest BCUT2D eigenvalue weighted by Gasteiger charge is -1.99. The van der Waals surface area contributed by atoms with E-state index in [2.05, 4.69) is 16.1 Å². The molecule has 0 aliphatic carbocycles. The van der Waals surface area contributed by atoms with Gasteiger partial charge in [-0.25, -0.2) is 8.42 Å². The number of sulfonamides is 1. The van der Waals surface area contributed by atoms with Crippen LogP contribution in [-0.4, -0.2) is 8.42 Å². The van der Waals surface area contributed by atoms with E-state index >= 15 is 0 Å². The van der Waals surface area contributed by atoms with Crippen LogP contribution in [0.15, 0.2) is 29.2 Å². The number of rotatable bonds is 2. The van der Waals surface area contributed by atoms with Gasteiger partial charge in [0.2, 0.25) is 10.0 Å². The van der Waals surface area contributed by atoms with Crippen LogP contribution in [0.5, 0.6) is 0 Å². The van der Waals surface area contributed by atoms with Crippen LogP contribution in [0.4, 0.5) is 0 Å². The fourth-order valence-electron chi connectivity index (χ4n) is 0.658. The maximum Gasteiger partial charge on any atom is 0.250 e. The normalized spacial score (nSPS) is 11.5. The van der Waals surface area contributed by atoms with Crippen molar-refractivity contribution in [1.82, 2.24) is 3.75 Å². The zero-order valence-electron chi connectivity index (χ0n) is 5.79. The van der Waals surface area contributed by atoms with E-state index in [0.29, 0.717) is 5.02 Å². The minimum atomic E-state index is -3.41. The average molecular weight is 271 g/mol. The Morgan fingerprint density at radius 2 is 1.75 bits per heavy atom. The molecule has 12 heavy (non-hydrogen) atoms. The maximum atomic E-state index is 11.1. The summed E-state index contributed by atoms with van der Waals surface area (Å²) in [6, 6.07) is 5.87. The van der Waals surface area contributed by atoms with Crippen LogP contribution in [0.3, 0.4) is 0 Å². The lowest BCUT2D eigenvalue weighted by Crippen LogP contribution is -2.12. The molecule has 0 saturated carbocycles. The van der Waals surface area contributed by atoms with Crippen molar-refractivity contribution in [1.29, 1.82) is 0 Å². The molecular formula is C6H5BrClNO2S. The Balaban J connectivity index is 3.14. The van der Waals surface area contributed by atoms with Gasteiger partial charge in [0.1, 0.15) is 0 Å². The summed E-state index contributed by atoms with van der Waals surface area (Å²) < 4.78 is 24.2. The molecule has 0 radical (unpaired) electrons. The van der Waals surface area contributed by atoms with Crippen LogP contribution in [-0.2, 0) is 10.0 Å². The van der Waals surface area contributed by atoms with Crippen molar-refractivity contribution < 1.29 is 8.42 Å². The summed E-state index contributed by atoms with van der Waals surface area (Å²) in [5.41, 5.74) is 0. The number of halogens is 2. The van der Waals surface area contributed by atoms with Crippen molar-refractivity contribution >= 4 is 37.8 Å². The zero-order valence-corrected chi connectivity index (χ0v) is 8.95. The third-order valence-corrected chi connectivity index (χ3v) is 3.85. The van der Waals surface area contributed by atoms with Crippen molar-refractivity contribution in [2.24, 2.45) is 0 Å². The molecule has 1 N–H and O–H groups in total. The van der Waals surface area contributed by atoms with E-state index < -0.39 is 10.0 Å². The van der Waals surface area contributed by atoms with Crippen LogP contribution >= 0.6 is 27.7 Å². The summed E-state index contributed by atoms with van der Waals surface area (Å²) >= 11 is 8.23. The highest BCUT2D eigenvalue weighted by molar-refractivity contribution is 9.09. The van der Waals surface area contributed by atoms with Crippen molar-refractivity contribution in [2.75, 3.05) is 0 Å². The first kappa shape index (κ1) is 9.98. The predicted octanol–water partition coefficient (Wildman–Crippen LogP) is 1.93. The number of benzene rings is 1. The molecule has 1 rings (SSSR count). The summed E-state index contributed by atoms with van der Waals surface area (Å²) in [4.78, 5) is 0.170. The minimum absolute atomic E-state index is 0.170. The van der Waals surface area contributed by atoms with Crippen molar-refractivity contribution in [2.45, 2.75) is 4.90 Å². The van der Waals surface area contributed by atoms with Gasteiger partial charge >= 0.3 is 0 Å². The quantitative estimate of drug-likeness (QED) is 0.835. The first-order chi connectivity index (χ1) is 5.56. The molecular weight excluding hydrogens is 265 g/mol. The van der Waals surface area contributed by atoms with E-state index in [1.165, 1.54) is 24.3 Å². The van der Waals surface area contributed by atoms with Crippen LogP contribution in [0.1, 0.15) is 0 Å². The summed E-state index contributed by atoms with van der Waals surface area (Å²) in [5.74, 6) is 0. The monoisotopic (exact) mass is 269 g/mol. The highest BCUT2D eigenvalue weighted by Crippen LogP contribution is 2.13. The highest BCUT2D eigenvalue weighted by atomic mass is 79.9. The Kier molecular flexibility index (Phi) is 3.11. The molecule has 0 spiro atoms. The van der Waals surface area contributed by atoms with E-state index in [1.54, 1.807) is 0 Å². The van der Waals surface area contributed by atoms with Crippen LogP contribution in [0, 0.1) is 0 Å². The fraction of sp³-hybridized carbons (Fsp3) is 0. The molecule has 1 aromatic carbocycles. The molecule has 1 aromatic rings. The second-order valence-electron chi connectivity index (χ2n) is 2.03. The molecule has 0 saturated heterocycles.